The smallest absolute Gasteiger partial charge is 0.148 e. The lowest BCUT2D eigenvalue weighted by Crippen LogP contribution is -2.32. The van der Waals surface area contributed by atoms with E-state index in [-0.39, 0.29) is 12.6 Å². The van der Waals surface area contributed by atoms with Gasteiger partial charge in [0.15, 0.2) is 0 Å². The Hall–Kier alpha value is -2.48. The van der Waals surface area contributed by atoms with Crippen LogP contribution in [0.1, 0.15) is 12.8 Å². The van der Waals surface area contributed by atoms with Crippen molar-refractivity contribution >= 4 is 17.5 Å². The summed E-state index contributed by atoms with van der Waals surface area (Å²) in [6, 6.07) is 5.80. The minimum Gasteiger partial charge on any atom is -0.394 e. The van der Waals surface area contributed by atoms with Crippen molar-refractivity contribution in [3.63, 3.8) is 0 Å². The second kappa shape index (κ2) is 7.68. The van der Waals surface area contributed by atoms with E-state index in [1.54, 1.807) is 12.5 Å². The number of anilines is 3. The zero-order valence-corrected chi connectivity index (χ0v) is 12.9. The largest absolute Gasteiger partial charge is 0.394 e. The van der Waals surface area contributed by atoms with E-state index >= 15 is 0 Å². The summed E-state index contributed by atoms with van der Waals surface area (Å²) in [5, 5.41) is 23.6. The van der Waals surface area contributed by atoms with Crippen LogP contribution < -0.4 is 15.5 Å². The maximum atomic E-state index is 9.43. The number of nitrogens with one attached hydrogen (secondary N) is 2. The predicted octanol–water partition coefficient (Wildman–Crippen LogP) is 0.752. The van der Waals surface area contributed by atoms with Crippen molar-refractivity contribution in [3.8, 4) is 0 Å². The fraction of sp³-hybridized carbons (Fsp3) is 0.467. The van der Waals surface area contributed by atoms with Gasteiger partial charge in [0.1, 0.15) is 23.8 Å². The molecular weight excluding hydrogens is 294 g/mol. The molecule has 0 bridgehead atoms. The lowest BCUT2D eigenvalue weighted by molar-refractivity contribution is 0.266. The van der Waals surface area contributed by atoms with Gasteiger partial charge in [-0.25, -0.2) is 9.97 Å². The van der Waals surface area contributed by atoms with E-state index in [0.717, 1.165) is 36.8 Å². The molecule has 0 spiro atoms. The van der Waals surface area contributed by atoms with Crippen molar-refractivity contribution in [1.82, 2.24) is 20.2 Å². The van der Waals surface area contributed by atoms with Crippen LogP contribution in [0.2, 0.25) is 0 Å². The molecule has 3 N–H and O–H groups in total. The number of nitrogens with zero attached hydrogens (tertiary/aromatic N) is 5. The van der Waals surface area contributed by atoms with E-state index < -0.39 is 0 Å². The number of aliphatic hydroxyl groups is 1. The van der Waals surface area contributed by atoms with Gasteiger partial charge in [0.25, 0.3) is 0 Å². The maximum Gasteiger partial charge on any atom is 0.148 e. The van der Waals surface area contributed by atoms with E-state index in [9.17, 15) is 5.11 Å². The zero-order valence-electron chi connectivity index (χ0n) is 12.9. The van der Waals surface area contributed by atoms with Gasteiger partial charge in [-0.2, -0.15) is 5.10 Å². The second-order valence-electron chi connectivity index (χ2n) is 5.40. The predicted molar refractivity (Wildman–Crippen MR) is 88.5 cm³/mol. The Labute approximate surface area is 135 Å². The standard InChI is InChI=1S/C15H21N7O/c23-10-12-3-2-8-22(12)15-9-14(18-11-19-15)17-7-6-16-13-4-1-5-20-21-13/h1,4-5,9,11-12,23H,2-3,6-8,10H2,(H,16,21)(H,17,18,19)/t12-/m1/s1. The number of rotatable bonds is 7. The van der Waals surface area contributed by atoms with Crippen molar-refractivity contribution in [2.45, 2.75) is 18.9 Å². The van der Waals surface area contributed by atoms with Crippen LogP contribution in [-0.2, 0) is 0 Å². The van der Waals surface area contributed by atoms with Gasteiger partial charge < -0.3 is 20.6 Å². The highest BCUT2D eigenvalue weighted by molar-refractivity contribution is 5.50. The van der Waals surface area contributed by atoms with Crippen molar-refractivity contribution in [2.75, 3.05) is 41.8 Å². The van der Waals surface area contributed by atoms with Gasteiger partial charge in [-0.05, 0) is 25.0 Å². The average Bonchev–Trinajstić information content (AvgIpc) is 3.09. The van der Waals surface area contributed by atoms with Crippen molar-refractivity contribution in [3.05, 3.63) is 30.7 Å². The summed E-state index contributed by atoms with van der Waals surface area (Å²) in [4.78, 5) is 10.7. The van der Waals surface area contributed by atoms with Gasteiger partial charge in [-0.15, -0.1) is 5.10 Å². The third kappa shape index (κ3) is 4.04. The fourth-order valence-electron chi connectivity index (χ4n) is 2.70. The Morgan fingerprint density at radius 3 is 2.87 bits per heavy atom. The Morgan fingerprint density at radius 2 is 2.09 bits per heavy atom. The van der Waals surface area contributed by atoms with Gasteiger partial charge in [0.2, 0.25) is 0 Å². The molecule has 2 aromatic rings. The number of hydrogen-bond donors (Lipinski definition) is 3. The molecule has 2 aromatic heterocycles. The topological polar surface area (TPSA) is 99.1 Å². The molecule has 122 valence electrons. The molecule has 8 nitrogen and oxygen atoms in total. The number of hydrogen-bond acceptors (Lipinski definition) is 8. The van der Waals surface area contributed by atoms with Crippen LogP contribution in [0.25, 0.3) is 0 Å². The van der Waals surface area contributed by atoms with E-state index in [1.165, 1.54) is 0 Å². The quantitative estimate of drug-likeness (QED) is 0.644. The first kappa shape index (κ1) is 15.4. The molecule has 1 aliphatic rings. The van der Waals surface area contributed by atoms with Crippen molar-refractivity contribution in [2.24, 2.45) is 0 Å². The van der Waals surface area contributed by atoms with Crippen LogP contribution in [-0.4, -0.2) is 57.6 Å². The number of aromatic nitrogens is 4. The van der Waals surface area contributed by atoms with Crippen LogP contribution in [0.3, 0.4) is 0 Å². The molecule has 0 aliphatic carbocycles. The summed E-state index contributed by atoms with van der Waals surface area (Å²) in [7, 11) is 0. The minimum absolute atomic E-state index is 0.162. The van der Waals surface area contributed by atoms with Gasteiger partial charge in [0.05, 0.1) is 12.6 Å². The summed E-state index contributed by atoms with van der Waals surface area (Å²) in [6.45, 7) is 2.50. The molecule has 1 aliphatic heterocycles. The highest BCUT2D eigenvalue weighted by Crippen LogP contribution is 2.24. The molecule has 0 aromatic carbocycles. The highest BCUT2D eigenvalue weighted by Gasteiger charge is 2.24. The van der Waals surface area contributed by atoms with Crippen LogP contribution in [0, 0.1) is 0 Å². The number of aliphatic hydroxyl groups excluding tert-OH is 1. The van der Waals surface area contributed by atoms with E-state index in [1.807, 2.05) is 18.2 Å². The monoisotopic (exact) mass is 315 g/mol. The molecule has 23 heavy (non-hydrogen) atoms. The molecule has 3 rings (SSSR count). The molecule has 0 saturated carbocycles. The molecule has 1 fully saturated rings. The Morgan fingerprint density at radius 1 is 1.22 bits per heavy atom. The molecule has 3 heterocycles. The third-order valence-electron chi connectivity index (χ3n) is 3.84. The fourth-order valence-corrected chi connectivity index (χ4v) is 2.70. The Bertz CT molecular complexity index is 610. The zero-order chi connectivity index (χ0) is 15.9. The van der Waals surface area contributed by atoms with E-state index in [0.29, 0.717) is 13.1 Å². The van der Waals surface area contributed by atoms with Crippen molar-refractivity contribution < 1.29 is 5.11 Å². The van der Waals surface area contributed by atoms with Gasteiger partial charge in [0, 0.05) is 31.9 Å². The maximum absolute atomic E-state index is 9.43. The molecule has 0 unspecified atom stereocenters. The minimum atomic E-state index is 0.162. The first-order valence-corrected chi connectivity index (χ1v) is 7.82. The third-order valence-corrected chi connectivity index (χ3v) is 3.84. The Balaban J connectivity index is 1.51. The first-order chi connectivity index (χ1) is 11.4. The summed E-state index contributed by atoms with van der Waals surface area (Å²) < 4.78 is 0. The van der Waals surface area contributed by atoms with Gasteiger partial charge >= 0.3 is 0 Å². The van der Waals surface area contributed by atoms with Gasteiger partial charge in [-0.1, -0.05) is 0 Å². The first-order valence-electron chi connectivity index (χ1n) is 7.82. The molecule has 1 atom stereocenters. The second-order valence-corrected chi connectivity index (χ2v) is 5.40. The molecule has 8 heteroatoms. The summed E-state index contributed by atoms with van der Waals surface area (Å²) >= 11 is 0. The molecule has 0 radical (unpaired) electrons. The average molecular weight is 315 g/mol. The van der Waals surface area contributed by atoms with Crippen LogP contribution in [0.5, 0.6) is 0 Å². The van der Waals surface area contributed by atoms with Gasteiger partial charge in [-0.3, -0.25) is 0 Å². The molecule has 0 amide bonds. The summed E-state index contributed by atoms with van der Waals surface area (Å²) in [5.41, 5.74) is 0. The van der Waals surface area contributed by atoms with Crippen LogP contribution >= 0.6 is 0 Å². The lowest BCUT2D eigenvalue weighted by atomic mass is 10.2. The normalized spacial score (nSPS) is 17.3. The molecular formula is C15H21N7O. The summed E-state index contributed by atoms with van der Waals surface area (Å²) in [6.07, 6.45) is 5.29. The van der Waals surface area contributed by atoms with Crippen molar-refractivity contribution in [1.29, 1.82) is 0 Å². The Kier molecular flexibility index (Phi) is 5.15. The van der Waals surface area contributed by atoms with Crippen LogP contribution in [0.4, 0.5) is 17.5 Å². The molecule has 1 saturated heterocycles. The van der Waals surface area contributed by atoms with Crippen LogP contribution in [0.15, 0.2) is 30.7 Å². The van der Waals surface area contributed by atoms with E-state index in [4.69, 9.17) is 0 Å². The van der Waals surface area contributed by atoms with E-state index in [2.05, 4.69) is 35.7 Å². The summed E-state index contributed by atoms with van der Waals surface area (Å²) in [5.74, 6) is 2.39. The lowest BCUT2D eigenvalue weighted by Gasteiger charge is -2.24. The highest BCUT2D eigenvalue weighted by atomic mass is 16.3. The SMILES string of the molecule is OC[C@H]1CCCN1c1cc(NCCNc2cccnn2)ncn1.